The summed E-state index contributed by atoms with van der Waals surface area (Å²) < 4.78 is 30.3. The molecule has 0 unspecified atom stereocenters. The maximum Gasteiger partial charge on any atom is 0.315 e. The van der Waals surface area contributed by atoms with Gasteiger partial charge in [-0.25, -0.2) is 13.6 Å². The number of ether oxygens (including phenoxy) is 1. The Balaban J connectivity index is 1.64. The number of anilines is 2. The Morgan fingerprint density at radius 3 is 2.46 bits per heavy atom. The third kappa shape index (κ3) is 7.87. The van der Waals surface area contributed by atoms with Crippen molar-refractivity contribution in [2.45, 2.75) is 12.5 Å². The predicted octanol–water partition coefficient (Wildman–Crippen LogP) is 2.07. The van der Waals surface area contributed by atoms with Gasteiger partial charge in [-0.2, -0.15) is 0 Å². The van der Waals surface area contributed by atoms with Gasteiger partial charge in [0.1, 0.15) is 12.6 Å². The van der Waals surface area contributed by atoms with Gasteiger partial charge in [0.2, 0.25) is 5.91 Å². The molecule has 0 saturated carbocycles. The van der Waals surface area contributed by atoms with Crippen LogP contribution in [-0.4, -0.2) is 69.1 Å². The number of halogens is 3. The van der Waals surface area contributed by atoms with Crippen LogP contribution < -0.4 is 26.2 Å². The lowest BCUT2D eigenvalue weighted by atomic mass is 10.2. The first kappa shape index (κ1) is 26.3. The molecule has 1 atom stereocenters. The first-order valence-electron chi connectivity index (χ1n) is 10.4. The van der Waals surface area contributed by atoms with Gasteiger partial charge < -0.3 is 30.9 Å². The molecule has 10 nitrogen and oxygen atoms in total. The molecule has 1 aromatic heterocycles. The number of amides is 5. The third-order valence-corrected chi connectivity index (χ3v) is 5.96. The number of urea groups is 1. The van der Waals surface area contributed by atoms with E-state index in [9.17, 15) is 28.0 Å². The monoisotopic (exact) mass is 529 g/mol. The minimum absolute atomic E-state index is 0.0111. The van der Waals surface area contributed by atoms with Crippen molar-refractivity contribution in [3.8, 4) is 0 Å². The van der Waals surface area contributed by atoms with Gasteiger partial charge >= 0.3 is 6.03 Å². The smallest absolute Gasteiger partial charge is 0.315 e. The fourth-order valence-electron chi connectivity index (χ4n) is 3.05. The number of rotatable bonds is 9. The van der Waals surface area contributed by atoms with Crippen LogP contribution in [0.15, 0.2) is 36.4 Å². The SMILES string of the molecule is O=C(NCC(F)F)N[C@@H](CNC(=O)c1ccc(Cl)s1)C(=O)Nc1ccc(N2CCOCC2=O)cc1. The van der Waals surface area contributed by atoms with Crippen molar-refractivity contribution >= 4 is 58.1 Å². The Hall–Kier alpha value is -3.29. The maximum absolute atomic E-state index is 12.8. The predicted molar refractivity (Wildman–Crippen MR) is 126 cm³/mol. The highest BCUT2D eigenvalue weighted by Crippen LogP contribution is 2.21. The van der Waals surface area contributed by atoms with Crippen molar-refractivity contribution in [3.63, 3.8) is 0 Å². The van der Waals surface area contributed by atoms with E-state index in [2.05, 4.69) is 16.0 Å². The summed E-state index contributed by atoms with van der Waals surface area (Å²) in [5.41, 5.74) is 0.981. The van der Waals surface area contributed by atoms with E-state index in [1.54, 1.807) is 29.2 Å². The number of nitrogens with one attached hydrogen (secondary N) is 4. The Labute approximate surface area is 207 Å². The minimum atomic E-state index is -2.77. The normalized spacial score (nSPS) is 14.4. The number of benzene rings is 1. The van der Waals surface area contributed by atoms with Crippen LogP contribution >= 0.6 is 22.9 Å². The van der Waals surface area contributed by atoms with E-state index in [1.807, 2.05) is 5.32 Å². The van der Waals surface area contributed by atoms with Crippen molar-refractivity contribution in [1.29, 1.82) is 0 Å². The van der Waals surface area contributed by atoms with E-state index in [1.165, 1.54) is 12.1 Å². The molecule has 0 bridgehead atoms. The van der Waals surface area contributed by atoms with Crippen LogP contribution in [0.2, 0.25) is 4.34 Å². The zero-order valence-electron chi connectivity index (χ0n) is 18.2. The summed E-state index contributed by atoms with van der Waals surface area (Å²) >= 11 is 6.86. The van der Waals surface area contributed by atoms with Gasteiger partial charge in [-0.05, 0) is 36.4 Å². The Morgan fingerprint density at radius 1 is 1.09 bits per heavy atom. The van der Waals surface area contributed by atoms with Crippen LogP contribution in [0.25, 0.3) is 0 Å². The molecule has 0 radical (unpaired) electrons. The van der Waals surface area contributed by atoms with Crippen molar-refractivity contribution in [3.05, 3.63) is 45.6 Å². The molecule has 1 aliphatic rings. The molecule has 1 fully saturated rings. The fraction of sp³-hybridized carbons (Fsp3) is 0.333. The van der Waals surface area contributed by atoms with Gasteiger partial charge in [-0.15, -0.1) is 11.3 Å². The summed E-state index contributed by atoms with van der Waals surface area (Å²) in [4.78, 5) is 50.9. The van der Waals surface area contributed by atoms with E-state index in [0.717, 1.165) is 11.3 Å². The van der Waals surface area contributed by atoms with Crippen LogP contribution in [0, 0.1) is 0 Å². The Bertz CT molecular complexity index is 1070. The molecule has 5 amide bonds. The third-order valence-electron chi connectivity index (χ3n) is 4.73. The average Bonchev–Trinajstić information content (AvgIpc) is 3.27. The van der Waals surface area contributed by atoms with Gasteiger partial charge in [0.25, 0.3) is 18.2 Å². The minimum Gasteiger partial charge on any atom is -0.370 e. The summed E-state index contributed by atoms with van der Waals surface area (Å²) in [6, 6.07) is 7.16. The number of carbonyl (C=O) groups is 4. The van der Waals surface area contributed by atoms with Crippen molar-refractivity contribution < 1.29 is 32.7 Å². The van der Waals surface area contributed by atoms with Gasteiger partial charge in [0.05, 0.1) is 22.4 Å². The summed E-state index contributed by atoms with van der Waals surface area (Å²) in [6.45, 7) is -0.415. The molecule has 1 aromatic carbocycles. The number of morpholine rings is 1. The molecule has 3 rings (SSSR count). The highest BCUT2D eigenvalue weighted by Gasteiger charge is 2.24. The van der Waals surface area contributed by atoms with Crippen LogP contribution in [0.5, 0.6) is 0 Å². The highest BCUT2D eigenvalue weighted by molar-refractivity contribution is 7.18. The lowest BCUT2D eigenvalue weighted by Crippen LogP contribution is -2.53. The molecular weight excluding hydrogens is 508 g/mol. The summed E-state index contributed by atoms with van der Waals surface area (Å²) in [5.74, 6) is -1.40. The number of hydrogen-bond acceptors (Lipinski definition) is 6. The molecule has 2 aromatic rings. The molecule has 4 N–H and O–H groups in total. The Kier molecular flexibility index (Phi) is 9.34. The molecule has 0 spiro atoms. The number of thiophene rings is 1. The zero-order valence-corrected chi connectivity index (χ0v) is 19.8. The quantitative estimate of drug-likeness (QED) is 0.395. The van der Waals surface area contributed by atoms with E-state index in [4.69, 9.17) is 16.3 Å². The number of carbonyl (C=O) groups excluding carboxylic acids is 4. The molecule has 0 aliphatic carbocycles. The van der Waals surface area contributed by atoms with E-state index >= 15 is 0 Å². The Morgan fingerprint density at radius 2 is 1.83 bits per heavy atom. The largest absolute Gasteiger partial charge is 0.370 e. The van der Waals surface area contributed by atoms with Gasteiger partial charge in [-0.1, -0.05) is 11.6 Å². The lowest BCUT2D eigenvalue weighted by Gasteiger charge is -2.27. The molecule has 2 heterocycles. The summed E-state index contributed by atoms with van der Waals surface area (Å²) in [5, 5.41) is 9.33. The topological polar surface area (TPSA) is 129 Å². The zero-order chi connectivity index (χ0) is 25.4. The van der Waals surface area contributed by atoms with Crippen LogP contribution in [0.1, 0.15) is 9.67 Å². The number of hydrogen-bond donors (Lipinski definition) is 4. The van der Waals surface area contributed by atoms with Crippen LogP contribution in [-0.2, 0) is 14.3 Å². The van der Waals surface area contributed by atoms with E-state index in [0.29, 0.717) is 33.7 Å². The maximum atomic E-state index is 12.8. The molecule has 1 aliphatic heterocycles. The van der Waals surface area contributed by atoms with Crippen LogP contribution in [0.4, 0.5) is 25.0 Å². The second kappa shape index (κ2) is 12.4. The fourth-order valence-corrected chi connectivity index (χ4v) is 4.01. The first-order chi connectivity index (χ1) is 16.7. The second-order valence-electron chi connectivity index (χ2n) is 7.25. The molecule has 1 saturated heterocycles. The number of nitrogens with zero attached hydrogens (tertiary/aromatic N) is 1. The van der Waals surface area contributed by atoms with Crippen molar-refractivity contribution in [2.75, 3.05) is 43.1 Å². The van der Waals surface area contributed by atoms with Gasteiger partial charge in [0, 0.05) is 24.5 Å². The van der Waals surface area contributed by atoms with Crippen molar-refractivity contribution in [2.24, 2.45) is 0 Å². The summed E-state index contributed by atoms with van der Waals surface area (Å²) in [6.07, 6.45) is -2.77. The van der Waals surface area contributed by atoms with Crippen molar-refractivity contribution in [1.82, 2.24) is 16.0 Å². The number of alkyl halides is 2. The second-order valence-corrected chi connectivity index (χ2v) is 8.96. The molecule has 35 heavy (non-hydrogen) atoms. The van der Waals surface area contributed by atoms with Gasteiger partial charge in [-0.3, -0.25) is 14.4 Å². The highest BCUT2D eigenvalue weighted by atomic mass is 35.5. The molecule has 14 heteroatoms. The first-order valence-corrected chi connectivity index (χ1v) is 11.6. The van der Waals surface area contributed by atoms with E-state index < -0.39 is 36.9 Å². The van der Waals surface area contributed by atoms with Crippen LogP contribution in [0.3, 0.4) is 0 Å². The molecule has 188 valence electrons. The van der Waals surface area contributed by atoms with E-state index in [-0.39, 0.29) is 19.1 Å². The van der Waals surface area contributed by atoms with Gasteiger partial charge in [0.15, 0.2) is 0 Å². The summed E-state index contributed by atoms with van der Waals surface area (Å²) in [7, 11) is 0. The lowest BCUT2D eigenvalue weighted by molar-refractivity contribution is -0.125. The average molecular weight is 530 g/mol. The standard InChI is InChI=1S/C21H22ClF2N5O5S/c22-16-6-5-15(35-16)20(32)25-9-14(28-21(33)26-10-17(23)24)19(31)27-12-1-3-13(4-2-12)29-7-8-34-11-18(29)30/h1-6,14,17H,7-11H2,(H,25,32)(H,27,31)(H2,26,28,33)/t14-/m0/s1. The molecular formula is C21H22ClF2N5O5S.